The third-order valence-electron chi connectivity index (χ3n) is 1.92. The molecule has 0 bridgehead atoms. The lowest BCUT2D eigenvalue weighted by atomic mass is 9.92. The zero-order chi connectivity index (χ0) is 11.7. The van der Waals surface area contributed by atoms with Crippen molar-refractivity contribution in [3.05, 3.63) is 36.5 Å². The van der Waals surface area contributed by atoms with E-state index in [1.165, 1.54) is 0 Å². The largest absolute Gasteiger partial charge is 0.299 e. The molecule has 0 atom stereocenters. The molecule has 2 heteroatoms. The zero-order valence-electron chi connectivity index (χ0n) is 9.45. The first-order valence-corrected chi connectivity index (χ1v) is 5.27. The van der Waals surface area contributed by atoms with Gasteiger partial charge < -0.3 is 0 Å². The third-order valence-corrected chi connectivity index (χ3v) is 1.92. The summed E-state index contributed by atoms with van der Waals surface area (Å²) in [5.41, 5.74) is 0.620. The fourth-order valence-electron chi connectivity index (χ4n) is 1.22. The average Bonchev–Trinajstić information content (AvgIpc) is 2.26. The number of Topliss-reactive ketones (excluding diaryl/α,β-unsaturated/α-hetero) is 2. The second-order valence-electron chi connectivity index (χ2n) is 2.95. The van der Waals surface area contributed by atoms with Crippen LogP contribution >= 0.6 is 0 Å². The van der Waals surface area contributed by atoms with Gasteiger partial charge in [-0.15, -0.1) is 0 Å². The summed E-state index contributed by atoms with van der Waals surface area (Å²) < 4.78 is 0. The SMILES string of the molecule is C=C/C=C\C=C1/CC(=O)CCC1=O.CC. The fourth-order valence-corrected chi connectivity index (χ4v) is 1.22. The van der Waals surface area contributed by atoms with E-state index in [0.29, 0.717) is 24.8 Å². The summed E-state index contributed by atoms with van der Waals surface area (Å²) in [7, 11) is 0. The molecule has 15 heavy (non-hydrogen) atoms. The summed E-state index contributed by atoms with van der Waals surface area (Å²) in [6.07, 6.45) is 7.86. The van der Waals surface area contributed by atoms with Crippen molar-refractivity contribution in [2.45, 2.75) is 33.1 Å². The van der Waals surface area contributed by atoms with Crippen LogP contribution in [0.5, 0.6) is 0 Å². The van der Waals surface area contributed by atoms with Gasteiger partial charge in [0.2, 0.25) is 0 Å². The minimum Gasteiger partial charge on any atom is -0.299 e. The van der Waals surface area contributed by atoms with Crippen molar-refractivity contribution in [3.63, 3.8) is 0 Å². The molecule has 0 radical (unpaired) electrons. The van der Waals surface area contributed by atoms with Gasteiger partial charge in [0.25, 0.3) is 0 Å². The van der Waals surface area contributed by atoms with Crippen LogP contribution in [0, 0.1) is 0 Å². The van der Waals surface area contributed by atoms with Gasteiger partial charge in [0.1, 0.15) is 5.78 Å². The summed E-state index contributed by atoms with van der Waals surface area (Å²) in [6.45, 7) is 7.51. The Labute approximate surface area is 91.4 Å². The summed E-state index contributed by atoms with van der Waals surface area (Å²) in [6, 6.07) is 0. The Hall–Kier alpha value is -1.44. The van der Waals surface area contributed by atoms with Gasteiger partial charge in [0.05, 0.1) is 0 Å². The first-order chi connectivity index (χ1) is 7.24. The molecule has 0 N–H and O–H groups in total. The van der Waals surface area contributed by atoms with Gasteiger partial charge >= 0.3 is 0 Å². The predicted octanol–water partition coefficient (Wildman–Crippen LogP) is 3.00. The number of carbonyl (C=O) groups excluding carboxylic acids is 2. The maximum absolute atomic E-state index is 11.3. The second kappa shape index (κ2) is 7.92. The summed E-state index contributed by atoms with van der Waals surface area (Å²) in [4.78, 5) is 22.3. The van der Waals surface area contributed by atoms with E-state index >= 15 is 0 Å². The molecule has 1 aliphatic carbocycles. The molecule has 0 spiro atoms. The van der Waals surface area contributed by atoms with Crippen molar-refractivity contribution in [2.24, 2.45) is 0 Å². The van der Waals surface area contributed by atoms with Crippen molar-refractivity contribution < 1.29 is 9.59 Å². The van der Waals surface area contributed by atoms with Gasteiger partial charge in [-0.1, -0.05) is 44.7 Å². The fraction of sp³-hybridized carbons (Fsp3) is 0.385. The average molecular weight is 206 g/mol. The Kier molecular flexibility index (Phi) is 7.16. The second-order valence-corrected chi connectivity index (χ2v) is 2.95. The van der Waals surface area contributed by atoms with Crippen LogP contribution in [0.25, 0.3) is 0 Å². The quantitative estimate of drug-likeness (QED) is 0.514. The molecule has 2 nitrogen and oxygen atoms in total. The van der Waals surface area contributed by atoms with Crippen molar-refractivity contribution in [3.8, 4) is 0 Å². The summed E-state index contributed by atoms with van der Waals surface area (Å²) in [5.74, 6) is 0.242. The molecule has 0 unspecified atom stereocenters. The molecule has 1 saturated carbocycles. The first-order valence-electron chi connectivity index (χ1n) is 5.27. The molecule has 1 aliphatic rings. The molecule has 0 amide bonds. The molecular formula is C13H18O2. The standard InChI is InChI=1S/C11H12O2.C2H6/c1-2-3-4-5-9-8-10(12)6-7-11(9)13;1-2/h2-5H,1,6-8H2;1-2H3/b4-3-,9-5+;. The van der Waals surface area contributed by atoms with Crippen LogP contribution in [0.2, 0.25) is 0 Å². The minimum atomic E-state index is 0.0910. The molecule has 0 aliphatic heterocycles. The highest BCUT2D eigenvalue weighted by atomic mass is 16.1. The van der Waals surface area contributed by atoms with Gasteiger partial charge in [0, 0.05) is 24.8 Å². The Bertz CT molecular complexity index is 296. The highest BCUT2D eigenvalue weighted by Crippen LogP contribution is 2.16. The Morgan fingerprint density at radius 1 is 1.13 bits per heavy atom. The number of rotatable bonds is 2. The smallest absolute Gasteiger partial charge is 0.159 e. The van der Waals surface area contributed by atoms with Crippen molar-refractivity contribution in [1.29, 1.82) is 0 Å². The topological polar surface area (TPSA) is 34.1 Å². The lowest BCUT2D eigenvalue weighted by Gasteiger charge is -2.10. The van der Waals surface area contributed by atoms with Crippen LogP contribution in [0.15, 0.2) is 36.5 Å². The molecule has 0 aromatic heterocycles. The zero-order valence-corrected chi connectivity index (χ0v) is 9.45. The van der Waals surface area contributed by atoms with E-state index in [1.54, 1.807) is 24.3 Å². The van der Waals surface area contributed by atoms with Crippen molar-refractivity contribution in [1.82, 2.24) is 0 Å². The lowest BCUT2D eigenvalue weighted by Crippen LogP contribution is -2.16. The maximum Gasteiger partial charge on any atom is 0.159 e. The van der Waals surface area contributed by atoms with Crippen LogP contribution in [-0.2, 0) is 9.59 Å². The first kappa shape index (κ1) is 13.6. The van der Waals surface area contributed by atoms with E-state index < -0.39 is 0 Å². The third kappa shape index (κ3) is 5.11. The van der Waals surface area contributed by atoms with E-state index in [0.717, 1.165) is 0 Å². The molecule has 0 heterocycles. The van der Waals surface area contributed by atoms with Gasteiger partial charge in [-0.05, 0) is 0 Å². The van der Waals surface area contributed by atoms with E-state index in [9.17, 15) is 9.59 Å². The highest BCUT2D eigenvalue weighted by molar-refractivity contribution is 6.05. The number of hydrogen-bond acceptors (Lipinski definition) is 2. The Morgan fingerprint density at radius 2 is 1.80 bits per heavy atom. The normalized spacial score (nSPS) is 18.9. The van der Waals surface area contributed by atoms with Gasteiger partial charge in [-0.25, -0.2) is 0 Å². The molecule has 82 valence electrons. The van der Waals surface area contributed by atoms with Crippen LogP contribution in [0.1, 0.15) is 33.1 Å². The van der Waals surface area contributed by atoms with Crippen LogP contribution in [0.4, 0.5) is 0 Å². The molecule has 1 fully saturated rings. The Balaban J connectivity index is 0.000000921. The number of carbonyl (C=O) groups is 2. The molecule has 0 saturated heterocycles. The monoisotopic (exact) mass is 206 g/mol. The minimum absolute atomic E-state index is 0.0910. The predicted molar refractivity (Wildman–Crippen MR) is 62.6 cm³/mol. The van der Waals surface area contributed by atoms with E-state index in [4.69, 9.17) is 0 Å². The number of hydrogen-bond donors (Lipinski definition) is 0. The van der Waals surface area contributed by atoms with E-state index in [2.05, 4.69) is 6.58 Å². The Morgan fingerprint density at radius 3 is 2.40 bits per heavy atom. The van der Waals surface area contributed by atoms with Crippen LogP contribution in [0.3, 0.4) is 0 Å². The van der Waals surface area contributed by atoms with E-state index in [-0.39, 0.29) is 11.6 Å². The summed E-state index contributed by atoms with van der Waals surface area (Å²) in [5, 5.41) is 0. The lowest BCUT2D eigenvalue weighted by molar-refractivity contribution is -0.125. The molecule has 0 aromatic rings. The van der Waals surface area contributed by atoms with E-state index in [1.807, 2.05) is 13.8 Å². The van der Waals surface area contributed by atoms with Gasteiger partial charge in [-0.2, -0.15) is 0 Å². The maximum atomic E-state index is 11.3. The van der Waals surface area contributed by atoms with Crippen molar-refractivity contribution >= 4 is 11.6 Å². The van der Waals surface area contributed by atoms with Gasteiger partial charge in [0.15, 0.2) is 5.78 Å². The molecule has 1 rings (SSSR count). The molecule has 0 aromatic carbocycles. The summed E-state index contributed by atoms with van der Waals surface area (Å²) >= 11 is 0. The van der Waals surface area contributed by atoms with Crippen molar-refractivity contribution in [2.75, 3.05) is 0 Å². The highest BCUT2D eigenvalue weighted by Gasteiger charge is 2.19. The van der Waals surface area contributed by atoms with Gasteiger partial charge in [-0.3, -0.25) is 9.59 Å². The van der Waals surface area contributed by atoms with Crippen LogP contribution < -0.4 is 0 Å². The number of ketones is 2. The number of allylic oxidation sites excluding steroid dienone is 5. The molecular weight excluding hydrogens is 188 g/mol. The van der Waals surface area contributed by atoms with Crippen LogP contribution in [-0.4, -0.2) is 11.6 Å².